The van der Waals surface area contributed by atoms with Crippen molar-refractivity contribution in [3.05, 3.63) is 12.2 Å². The van der Waals surface area contributed by atoms with Gasteiger partial charge in [-0.15, -0.1) is 0 Å². The van der Waals surface area contributed by atoms with Crippen LogP contribution in [0.15, 0.2) is 12.2 Å². The van der Waals surface area contributed by atoms with Gasteiger partial charge in [0.15, 0.2) is 0 Å². The average Bonchev–Trinajstić information content (AvgIpc) is 2.11. The Morgan fingerprint density at radius 1 is 1.53 bits per heavy atom. The van der Waals surface area contributed by atoms with Crippen molar-refractivity contribution in [2.45, 2.75) is 52.4 Å². The molecule has 3 nitrogen and oxygen atoms in total. The Kier molecular flexibility index (Phi) is 5.17. The van der Waals surface area contributed by atoms with Gasteiger partial charge in [0.05, 0.1) is 11.7 Å². The summed E-state index contributed by atoms with van der Waals surface area (Å²) in [5.74, 6) is 0. The summed E-state index contributed by atoms with van der Waals surface area (Å²) in [7, 11) is 0. The van der Waals surface area contributed by atoms with Crippen LogP contribution in [0.5, 0.6) is 0 Å². The van der Waals surface area contributed by atoms with Gasteiger partial charge in [-0.1, -0.05) is 20.4 Å². The zero-order chi connectivity index (χ0) is 13.1. The molecule has 0 amide bonds. The number of rotatable bonds is 5. The molecule has 17 heavy (non-hydrogen) atoms. The fourth-order valence-electron chi connectivity index (χ4n) is 2.43. The molecule has 1 aliphatic heterocycles. The molecule has 0 aromatic rings. The van der Waals surface area contributed by atoms with Crippen LogP contribution in [-0.4, -0.2) is 48.8 Å². The van der Waals surface area contributed by atoms with Gasteiger partial charge in [-0.2, -0.15) is 0 Å². The first-order valence-corrected chi connectivity index (χ1v) is 6.59. The average molecular weight is 240 g/mol. The van der Waals surface area contributed by atoms with Crippen molar-refractivity contribution in [3.8, 4) is 0 Å². The van der Waals surface area contributed by atoms with E-state index in [1.54, 1.807) is 0 Å². The molecule has 100 valence electrons. The van der Waals surface area contributed by atoms with Gasteiger partial charge in [0.1, 0.15) is 0 Å². The molecule has 1 heterocycles. The monoisotopic (exact) mass is 240 g/mol. The first-order chi connectivity index (χ1) is 7.78. The number of nitrogens with one attached hydrogen (secondary N) is 1. The van der Waals surface area contributed by atoms with Crippen molar-refractivity contribution < 1.29 is 4.74 Å². The summed E-state index contributed by atoms with van der Waals surface area (Å²) in [5, 5.41) is 3.41. The number of ether oxygens (including phenoxy) is 1. The summed E-state index contributed by atoms with van der Waals surface area (Å²) >= 11 is 0. The van der Waals surface area contributed by atoms with E-state index in [1.165, 1.54) is 5.57 Å². The van der Waals surface area contributed by atoms with Crippen molar-refractivity contribution in [3.63, 3.8) is 0 Å². The summed E-state index contributed by atoms with van der Waals surface area (Å²) in [6, 6.07) is 0.520. The molecular formula is C14H28N2O. The van der Waals surface area contributed by atoms with Crippen molar-refractivity contribution in [1.29, 1.82) is 0 Å². The fourth-order valence-corrected chi connectivity index (χ4v) is 2.43. The van der Waals surface area contributed by atoms with E-state index in [0.717, 1.165) is 26.2 Å². The number of hydrogen-bond acceptors (Lipinski definition) is 3. The summed E-state index contributed by atoms with van der Waals surface area (Å²) in [6.45, 7) is 18.8. The molecule has 1 atom stereocenters. The second kappa shape index (κ2) is 5.98. The highest BCUT2D eigenvalue weighted by molar-refractivity contribution is 5.01. The predicted octanol–water partition coefficient (Wildman–Crippen LogP) is 2.04. The zero-order valence-corrected chi connectivity index (χ0v) is 12.0. The van der Waals surface area contributed by atoms with E-state index < -0.39 is 0 Å². The summed E-state index contributed by atoms with van der Waals surface area (Å²) in [6.07, 6.45) is 0.310. The first kappa shape index (κ1) is 14.7. The van der Waals surface area contributed by atoms with Crippen LogP contribution in [0.25, 0.3) is 0 Å². The number of hydrogen-bond donors (Lipinski definition) is 1. The molecule has 0 bridgehead atoms. The van der Waals surface area contributed by atoms with Crippen LogP contribution in [0, 0.1) is 0 Å². The van der Waals surface area contributed by atoms with E-state index in [4.69, 9.17) is 4.74 Å². The van der Waals surface area contributed by atoms with Crippen LogP contribution in [0.4, 0.5) is 0 Å². The van der Waals surface area contributed by atoms with Gasteiger partial charge < -0.3 is 10.1 Å². The first-order valence-electron chi connectivity index (χ1n) is 6.59. The maximum absolute atomic E-state index is 5.90. The highest BCUT2D eigenvalue weighted by Crippen LogP contribution is 2.21. The summed E-state index contributed by atoms with van der Waals surface area (Å²) in [4.78, 5) is 2.44. The zero-order valence-electron chi connectivity index (χ0n) is 12.0. The minimum atomic E-state index is -0.0383. The molecule has 0 spiro atoms. The molecule has 1 aliphatic rings. The second-order valence-corrected chi connectivity index (χ2v) is 6.14. The van der Waals surface area contributed by atoms with Gasteiger partial charge in [-0.25, -0.2) is 0 Å². The van der Waals surface area contributed by atoms with Crippen LogP contribution in [-0.2, 0) is 4.74 Å². The standard InChI is InChI=1S/C14H28N2O/c1-11(2)15-7-12(3)8-16-9-13(4)17-14(5,6)10-16/h11,13,15H,3,7-10H2,1-2,4-6H3. The Bertz CT molecular complexity index is 261. The smallest absolute Gasteiger partial charge is 0.0757 e. The quantitative estimate of drug-likeness (QED) is 0.744. The third-order valence-corrected chi connectivity index (χ3v) is 2.85. The lowest BCUT2D eigenvalue weighted by molar-refractivity contribution is -0.126. The van der Waals surface area contributed by atoms with Crippen molar-refractivity contribution >= 4 is 0 Å². The van der Waals surface area contributed by atoms with Gasteiger partial charge in [-0.05, 0) is 26.3 Å². The van der Waals surface area contributed by atoms with E-state index in [0.29, 0.717) is 12.1 Å². The topological polar surface area (TPSA) is 24.5 Å². The second-order valence-electron chi connectivity index (χ2n) is 6.14. The molecule has 0 aromatic heterocycles. The van der Waals surface area contributed by atoms with E-state index in [1.807, 2.05) is 0 Å². The third kappa shape index (κ3) is 5.66. The third-order valence-electron chi connectivity index (χ3n) is 2.85. The Balaban J connectivity index is 2.37. The molecule has 1 saturated heterocycles. The number of nitrogens with zero attached hydrogens (tertiary/aromatic N) is 1. The number of morpholine rings is 1. The highest BCUT2D eigenvalue weighted by atomic mass is 16.5. The molecular weight excluding hydrogens is 212 g/mol. The van der Waals surface area contributed by atoms with Crippen molar-refractivity contribution in [2.24, 2.45) is 0 Å². The SMILES string of the molecule is C=C(CNC(C)C)CN1CC(C)OC(C)(C)C1. The van der Waals surface area contributed by atoms with Crippen molar-refractivity contribution in [1.82, 2.24) is 10.2 Å². The molecule has 0 radical (unpaired) electrons. The highest BCUT2D eigenvalue weighted by Gasteiger charge is 2.31. The summed E-state index contributed by atoms with van der Waals surface area (Å²) < 4.78 is 5.90. The molecule has 1 N–H and O–H groups in total. The van der Waals surface area contributed by atoms with Gasteiger partial charge >= 0.3 is 0 Å². The normalized spacial score (nSPS) is 25.2. The Hall–Kier alpha value is -0.380. The lowest BCUT2D eigenvalue weighted by atomic mass is 10.0. The van der Waals surface area contributed by atoms with Crippen molar-refractivity contribution in [2.75, 3.05) is 26.2 Å². The summed E-state index contributed by atoms with van der Waals surface area (Å²) in [5.41, 5.74) is 1.22. The molecule has 0 aliphatic carbocycles. The van der Waals surface area contributed by atoms with Crippen LogP contribution in [0.2, 0.25) is 0 Å². The van der Waals surface area contributed by atoms with E-state index in [9.17, 15) is 0 Å². The maximum Gasteiger partial charge on any atom is 0.0757 e. The Morgan fingerprint density at radius 3 is 2.71 bits per heavy atom. The molecule has 1 rings (SSSR count). The lowest BCUT2D eigenvalue weighted by Crippen LogP contribution is -2.52. The van der Waals surface area contributed by atoms with Gasteiger partial charge in [0.25, 0.3) is 0 Å². The Labute approximate surface area is 106 Å². The molecule has 1 unspecified atom stereocenters. The van der Waals surface area contributed by atoms with Crippen LogP contribution in [0.3, 0.4) is 0 Å². The van der Waals surface area contributed by atoms with E-state index in [-0.39, 0.29) is 5.60 Å². The molecule has 3 heteroatoms. The van der Waals surface area contributed by atoms with Crippen LogP contribution < -0.4 is 5.32 Å². The Morgan fingerprint density at radius 2 is 2.18 bits per heavy atom. The maximum atomic E-state index is 5.90. The van der Waals surface area contributed by atoms with E-state index in [2.05, 4.69) is 51.4 Å². The minimum absolute atomic E-state index is 0.0383. The predicted molar refractivity (Wildman–Crippen MR) is 73.3 cm³/mol. The molecule has 1 fully saturated rings. The molecule has 0 saturated carbocycles. The van der Waals surface area contributed by atoms with Gasteiger partial charge in [-0.3, -0.25) is 4.90 Å². The minimum Gasteiger partial charge on any atom is -0.370 e. The van der Waals surface area contributed by atoms with Gasteiger partial charge in [0, 0.05) is 32.2 Å². The van der Waals surface area contributed by atoms with E-state index >= 15 is 0 Å². The van der Waals surface area contributed by atoms with Crippen LogP contribution in [0.1, 0.15) is 34.6 Å². The molecule has 0 aromatic carbocycles. The van der Waals surface area contributed by atoms with Gasteiger partial charge in [0.2, 0.25) is 0 Å². The fraction of sp³-hybridized carbons (Fsp3) is 0.857. The largest absolute Gasteiger partial charge is 0.370 e. The lowest BCUT2D eigenvalue weighted by Gasteiger charge is -2.42. The van der Waals surface area contributed by atoms with Crippen LogP contribution >= 0.6 is 0 Å².